The summed E-state index contributed by atoms with van der Waals surface area (Å²) < 4.78 is 15.8. The molecule has 0 atom stereocenters. The highest BCUT2D eigenvalue weighted by Crippen LogP contribution is 2.32. The Morgan fingerprint density at radius 1 is 1.00 bits per heavy atom. The Hall–Kier alpha value is -3.40. The minimum absolute atomic E-state index is 0.0482. The van der Waals surface area contributed by atoms with Gasteiger partial charge in [0, 0.05) is 57.9 Å². The third-order valence-corrected chi connectivity index (χ3v) is 5.84. The summed E-state index contributed by atoms with van der Waals surface area (Å²) in [7, 11) is 4.80. The normalized spacial score (nSPS) is 13.5. The number of carbonyl (C=O) groups is 2. The summed E-state index contributed by atoms with van der Waals surface area (Å²) in [5.41, 5.74) is 1.53. The second-order valence-electron chi connectivity index (χ2n) is 7.87. The largest absolute Gasteiger partial charge is 0.497 e. The molecule has 2 heterocycles. The van der Waals surface area contributed by atoms with Gasteiger partial charge >= 0.3 is 0 Å². The van der Waals surface area contributed by atoms with Crippen LogP contribution < -0.4 is 14.4 Å². The second kappa shape index (κ2) is 12.2. The van der Waals surface area contributed by atoms with E-state index in [9.17, 15) is 9.59 Å². The van der Waals surface area contributed by atoms with E-state index in [4.69, 9.17) is 14.2 Å². The van der Waals surface area contributed by atoms with Gasteiger partial charge in [-0.2, -0.15) is 0 Å². The van der Waals surface area contributed by atoms with Crippen LogP contribution in [0.3, 0.4) is 0 Å². The fourth-order valence-corrected chi connectivity index (χ4v) is 3.81. The maximum absolute atomic E-state index is 12.8. The first-order valence-corrected chi connectivity index (χ1v) is 11.4. The molecule has 1 aromatic heterocycles. The molecular weight excluding hydrogens is 438 g/mol. The van der Waals surface area contributed by atoms with Crippen molar-refractivity contribution >= 4 is 17.6 Å². The molecule has 0 saturated carbocycles. The van der Waals surface area contributed by atoms with E-state index in [1.807, 2.05) is 30.3 Å². The Labute approximate surface area is 200 Å². The first-order chi connectivity index (χ1) is 16.5. The number of nitrogens with zero attached hydrogens (tertiary/aromatic N) is 5. The molecule has 34 heavy (non-hydrogen) atoms. The summed E-state index contributed by atoms with van der Waals surface area (Å²) in [6.07, 6.45) is 0.363. The Balaban J connectivity index is 1.59. The van der Waals surface area contributed by atoms with Crippen LogP contribution in [-0.2, 0) is 14.3 Å². The van der Waals surface area contributed by atoms with Gasteiger partial charge < -0.3 is 28.9 Å². The van der Waals surface area contributed by atoms with Crippen LogP contribution in [0.2, 0.25) is 0 Å². The predicted octanol–water partition coefficient (Wildman–Crippen LogP) is 1.69. The molecule has 0 spiro atoms. The highest BCUT2D eigenvalue weighted by atomic mass is 16.5. The van der Waals surface area contributed by atoms with Crippen LogP contribution in [0, 0.1) is 0 Å². The quantitative estimate of drug-likeness (QED) is 0.517. The van der Waals surface area contributed by atoms with Gasteiger partial charge in [0.1, 0.15) is 11.5 Å². The zero-order valence-electron chi connectivity index (χ0n) is 20.3. The predicted molar refractivity (Wildman–Crippen MR) is 128 cm³/mol. The van der Waals surface area contributed by atoms with Crippen molar-refractivity contribution in [3.63, 3.8) is 0 Å². The number of hydrogen-bond donors (Lipinski definition) is 0. The van der Waals surface area contributed by atoms with Gasteiger partial charge in [0.15, 0.2) is 5.82 Å². The van der Waals surface area contributed by atoms with Gasteiger partial charge in [0.25, 0.3) is 0 Å². The van der Waals surface area contributed by atoms with E-state index in [0.717, 1.165) is 11.4 Å². The van der Waals surface area contributed by atoms with Gasteiger partial charge in [0.2, 0.25) is 11.8 Å². The molecule has 10 nitrogen and oxygen atoms in total. The van der Waals surface area contributed by atoms with Crippen LogP contribution in [0.25, 0.3) is 11.3 Å². The fraction of sp³-hybridized carbons (Fsp3) is 0.500. The molecule has 0 bridgehead atoms. The Bertz CT molecular complexity index is 961. The number of aromatic nitrogens is 2. The van der Waals surface area contributed by atoms with E-state index in [1.165, 1.54) is 0 Å². The lowest BCUT2D eigenvalue weighted by molar-refractivity contribution is -0.141. The summed E-state index contributed by atoms with van der Waals surface area (Å²) in [6.45, 7) is 5.10. The van der Waals surface area contributed by atoms with Gasteiger partial charge in [-0.3, -0.25) is 9.59 Å². The van der Waals surface area contributed by atoms with Crippen molar-refractivity contribution in [3.8, 4) is 22.8 Å². The SMILES string of the molecule is CCC(=O)N(CCOC)CC(=O)N1CCN(c2ccc(-c3ccc(OC)cc3OC)nn2)CC1. The molecule has 0 aliphatic carbocycles. The molecule has 10 heteroatoms. The first kappa shape index (κ1) is 25.2. The van der Waals surface area contributed by atoms with Crippen molar-refractivity contribution in [2.45, 2.75) is 13.3 Å². The van der Waals surface area contributed by atoms with E-state index in [0.29, 0.717) is 62.9 Å². The van der Waals surface area contributed by atoms with Crippen molar-refractivity contribution in [2.75, 3.05) is 72.1 Å². The number of carbonyl (C=O) groups excluding carboxylic acids is 2. The first-order valence-electron chi connectivity index (χ1n) is 11.4. The lowest BCUT2D eigenvalue weighted by atomic mass is 10.1. The third-order valence-electron chi connectivity index (χ3n) is 5.84. The van der Waals surface area contributed by atoms with Gasteiger partial charge in [-0.15, -0.1) is 10.2 Å². The Kier molecular flexibility index (Phi) is 9.03. The number of methoxy groups -OCH3 is 3. The molecule has 2 aromatic rings. The van der Waals surface area contributed by atoms with Gasteiger partial charge in [-0.05, 0) is 24.3 Å². The Morgan fingerprint density at radius 2 is 1.76 bits per heavy atom. The summed E-state index contributed by atoms with van der Waals surface area (Å²) in [4.78, 5) is 30.4. The van der Waals surface area contributed by atoms with Gasteiger partial charge in [-0.1, -0.05) is 6.92 Å². The van der Waals surface area contributed by atoms with E-state index in [2.05, 4.69) is 15.1 Å². The molecule has 184 valence electrons. The van der Waals surface area contributed by atoms with Crippen molar-refractivity contribution in [2.24, 2.45) is 0 Å². The number of hydrogen-bond acceptors (Lipinski definition) is 8. The van der Waals surface area contributed by atoms with E-state index in [1.54, 1.807) is 38.1 Å². The molecule has 0 unspecified atom stereocenters. The van der Waals surface area contributed by atoms with E-state index < -0.39 is 0 Å². The molecule has 1 aromatic carbocycles. The number of benzene rings is 1. The minimum Gasteiger partial charge on any atom is -0.497 e. The van der Waals surface area contributed by atoms with Crippen molar-refractivity contribution in [3.05, 3.63) is 30.3 Å². The summed E-state index contributed by atoms with van der Waals surface area (Å²) in [6, 6.07) is 9.40. The standard InChI is InChI=1S/C24H33N5O5/c1-5-23(30)29(14-15-32-2)17-24(31)28-12-10-27(11-13-28)22-9-8-20(25-26-22)19-7-6-18(33-3)16-21(19)34-4/h6-9,16H,5,10-15,17H2,1-4H3. The summed E-state index contributed by atoms with van der Waals surface area (Å²) in [5, 5.41) is 8.79. The number of anilines is 1. The fourth-order valence-electron chi connectivity index (χ4n) is 3.81. The maximum atomic E-state index is 12.8. The van der Waals surface area contributed by atoms with E-state index >= 15 is 0 Å². The van der Waals surface area contributed by atoms with Crippen LogP contribution >= 0.6 is 0 Å². The number of piperazine rings is 1. The van der Waals surface area contributed by atoms with Crippen LogP contribution in [0.5, 0.6) is 11.5 Å². The van der Waals surface area contributed by atoms with E-state index in [-0.39, 0.29) is 18.4 Å². The molecule has 1 fully saturated rings. The van der Waals surface area contributed by atoms with Crippen LogP contribution in [0.4, 0.5) is 5.82 Å². The summed E-state index contributed by atoms with van der Waals surface area (Å²) in [5.74, 6) is 2.03. The smallest absolute Gasteiger partial charge is 0.242 e. The monoisotopic (exact) mass is 471 g/mol. The lowest BCUT2D eigenvalue weighted by Gasteiger charge is -2.36. The zero-order valence-corrected chi connectivity index (χ0v) is 20.3. The average Bonchev–Trinajstić information content (AvgIpc) is 2.90. The van der Waals surface area contributed by atoms with Crippen LogP contribution in [0.15, 0.2) is 30.3 Å². The third kappa shape index (κ3) is 6.13. The van der Waals surface area contributed by atoms with Gasteiger partial charge in [-0.25, -0.2) is 0 Å². The molecule has 2 amide bonds. The molecule has 0 radical (unpaired) electrons. The molecule has 1 aliphatic rings. The minimum atomic E-state index is -0.0504. The topological polar surface area (TPSA) is 97.3 Å². The van der Waals surface area contributed by atoms with Crippen LogP contribution in [0.1, 0.15) is 13.3 Å². The molecule has 0 N–H and O–H groups in total. The number of ether oxygens (including phenoxy) is 3. The molecule has 3 rings (SSSR count). The van der Waals surface area contributed by atoms with Crippen molar-refractivity contribution in [1.29, 1.82) is 0 Å². The van der Waals surface area contributed by atoms with Gasteiger partial charge in [0.05, 0.1) is 33.1 Å². The molecule has 1 saturated heterocycles. The zero-order chi connectivity index (χ0) is 24.5. The number of rotatable bonds is 10. The number of amides is 2. The molecule has 1 aliphatic heterocycles. The highest BCUT2D eigenvalue weighted by Gasteiger charge is 2.25. The second-order valence-corrected chi connectivity index (χ2v) is 7.87. The summed E-state index contributed by atoms with van der Waals surface area (Å²) >= 11 is 0. The Morgan fingerprint density at radius 3 is 2.35 bits per heavy atom. The van der Waals surface area contributed by atoms with Crippen LogP contribution in [-0.4, -0.2) is 99.0 Å². The van der Waals surface area contributed by atoms with Crippen molar-refractivity contribution in [1.82, 2.24) is 20.0 Å². The maximum Gasteiger partial charge on any atom is 0.242 e. The lowest BCUT2D eigenvalue weighted by Crippen LogP contribution is -2.52. The molecular formula is C24H33N5O5. The van der Waals surface area contributed by atoms with Crippen molar-refractivity contribution < 1.29 is 23.8 Å². The average molecular weight is 472 g/mol. The highest BCUT2D eigenvalue weighted by molar-refractivity contribution is 5.85.